The number of anilines is 4. The number of nitrogens with one attached hydrogen (secondary N) is 2. The minimum Gasteiger partial charge on any atom is -0.356 e. The third-order valence-electron chi connectivity index (χ3n) is 4.23. The molecule has 4 rings (SSSR count). The van der Waals surface area contributed by atoms with Crippen LogP contribution in [0.15, 0.2) is 109 Å². The molecule has 0 spiro atoms. The fourth-order valence-electron chi connectivity index (χ4n) is 2.87. The molecule has 0 saturated heterocycles. The van der Waals surface area contributed by atoms with Crippen LogP contribution < -0.4 is 10.6 Å². The first-order valence-corrected chi connectivity index (χ1v) is 10.7. The van der Waals surface area contributed by atoms with Gasteiger partial charge in [-0.25, -0.2) is 0 Å². The highest BCUT2D eigenvalue weighted by Gasteiger charge is 2.00. The van der Waals surface area contributed by atoms with Crippen LogP contribution in [0.1, 0.15) is 27.7 Å². The van der Waals surface area contributed by atoms with Crippen molar-refractivity contribution in [1.29, 1.82) is 0 Å². The summed E-state index contributed by atoms with van der Waals surface area (Å²) in [6.07, 6.45) is 0. The zero-order valence-corrected chi connectivity index (χ0v) is 18.4. The molecule has 0 aliphatic rings. The molecule has 0 aliphatic heterocycles. The van der Waals surface area contributed by atoms with Crippen LogP contribution in [0, 0.1) is 0 Å². The van der Waals surface area contributed by atoms with Crippen molar-refractivity contribution in [1.82, 2.24) is 0 Å². The first-order valence-electron chi connectivity index (χ1n) is 10.7. The number of benzene rings is 4. The first-order chi connectivity index (χ1) is 14.9. The van der Waals surface area contributed by atoms with Gasteiger partial charge in [0.1, 0.15) is 0 Å². The van der Waals surface area contributed by atoms with E-state index in [4.69, 9.17) is 0 Å². The molecule has 0 unspecified atom stereocenters. The largest absolute Gasteiger partial charge is 0.356 e. The molecule has 0 radical (unpaired) electrons. The Morgan fingerprint density at radius 3 is 0.900 bits per heavy atom. The van der Waals surface area contributed by atoms with Gasteiger partial charge >= 0.3 is 0 Å². The quantitative estimate of drug-likeness (QED) is 0.352. The second-order valence-corrected chi connectivity index (χ2v) is 6.14. The smallest absolute Gasteiger partial charge is 0.0384 e. The molecular weight excluding hydrogens is 364 g/mol. The average Bonchev–Trinajstić information content (AvgIpc) is 2.84. The van der Waals surface area contributed by atoms with Crippen LogP contribution >= 0.6 is 0 Å². The number of rotatable bonds is 5. The number of para-hydroxylation sites is 2. The summed E-state index contributed by atoms with van der Waals surface area (Å²) in [5, 5.41) is 6.82. The second kappa shape index (κ2) is 12.8. The van der Waals surface area contributed by atoms with E-state index in [2.05, 4.69) is 83.4 Å². The Hall–Kier alpha value is -3.52. The van der Waals surface area contributed by atoms with Crippen LogP contribution in [0.5, 0.6) is 0 Å². The minimum absolute atomic E-state index is 1.09. The standard InChI is InChI=1S/C24H20N2.2C2H6/c1-3-7-21(8-4-1)25-23-15-11-19(12-16-23)20-13-17-24(18-14-20)26-22-9-5-2-6-10-22;2*1-2/h1-18,25-26H;2*1-2H3. The Morgan fingerprint density at radius 1 is 0.333 bits per heavy atom. The van der Waals surface area contributed by atoms with E-state index in [9.17, 15) is 0 Å². The van der Waals surface area contributed by atoms with E-state index in [0.29, 0.717) is 0 Å². The van der Waals surface area contributed by atoms with Crippen molar-refractivity contribution in [2.45, 2.75) is 27.7 Å². The molecule has 2 nitrogen and oxygen atoms in total. The van der Waals surface area contributed by atoms with Crippen molar-refractivity contribution in [3.63, 3.8) is 0 Å². The van der Waals surface area contributed by atoms with Gasteiger partial charge in [-0.15, -0.1) is 0 Å². The zero-order chi connectivity index (χ0) is 21.6. The van der Waals surface area contributed by atoms with Crippen LogP contribution in [0.25, 0.3) is 11.1 Å². The molecule has 0 saturated carbocycles. The number of hydrogen-bond donors (Lipinski definition) is 2. The molecular formula is C28H32N2. The van der Waals surface area contributed by atoms with Crippen LogP contribution in [0.4, 0.5) is 22.7 Å². The zero-order valence-electron chi connectivity index (χ0n) is 18.4. The van der Waals surface area contributed by atoms with E-state index >= 15 is 0 Å². The number of hydrogen-bond acceptors (Lipinski definition) is 2. The first kappa shape index (κ1) is 22.8. The van der Waals surface area contributed by atoms with E-state index in [1.54, 1.807) is 0 Å². The third kappa shape index (κ3) is 6.82. The highest BCUT2D eigenvalue weighted by molar-refractivity contribution is 5.71. The molecule has 0 atom stereocenters. The van der Waals surface area contributed by atoms with E-state index in [0.717, 1.165) is 22.7 Å². The third-order valence-corrected chi connectivity index (χ3v) is 4.23. The van der Waals surface area contributed by atoms with Crippen molar-refractivity contribution in [2.75, 3.05) is 10.6 Å². The predicted octanol–water partition coefficient (Wildman–Crippen LogP) is 8.89. The fraction of sp³-hybridized carbons (Fsp3) is 0.143. The second-order valence-electron chi connectivity index (χ2n) is 6.14. The van der Waals surface area contributed by atoms with E-state index < -0.39 is 0 Å². The lowest BCUT2D eigenvalue weighted by atomic mass is 10.0. The maximum Gasteiger partial charge on any atom is 0.0384 e. The van der Waals surface area contributed by atoms with Gasteiger partial charge in [0.2, 0.25) is 0 Å². The van der Waals surface area contributed by atoms with Crippen LogP contribution in [-0.2, 0) is 0 Å². The maximum atomic E-state index is 3.41. The van der Waals surface area contributed by atoms with Crippen molar-refractivity contribution >= 4 is 22.7 Å². The van der Waals surface area contributed by atoms with E-state index in [1.807, 2.05) is 64.1 Å². The van der Waals surface area contributed by atoms with E-state index in [-0.39, 0.29) is 0 Å². The predicted molar refractivity (Wildman–Crippen MR) is 134 cm³/mol. The monoisotopic (exact) mass is 396 g/mol. The van der Waals surface area contributed by atoms with Gasteiger partial charge in [-0.05, 0) is 59.7 Å². The topological polar surface area (TPSA) is 24.1 Å². The van der Waals surface area contributed by atoms with Gasteiger partial charge in [-0.2, -0.15) is 0 Å². The van der Waals surface area contributed by atoms with Crippen molar-refractivity contribution in [2.24, 2.45) is 0 Å². The Bertz CT molecular complexity index is 862. The molecule has 2 heteroatoms. The maximum absolute atomic E-state index is 3.41. The Labute approximate surface area is 181 Å². The van der Waals surface area contributed by atoms with Gasteiger partial charge in [0.05, 0.1) is 0 Å². The summed E-state index contributed by atoms with van der Waals surface area (Å²) in [5.41, 5.74) is 6.77. The molecule has 4 aromatic rings. The molecule has 4 aromatic carbocycles. The lowest BCUT2D eigenvalue weighted by molar-refractivity contribution is 1.50. The summed E-state index contributed by atoms with van der Waals surface area (Å²) in [6.45, 7) is 8.00. The molecule has 0 amide bonds. The summed E-state index contributed by atoms with van der Waals surface area (Å²) < 4.78 is 0. The summed E-state index contributed by atoms with van der Waals surface area (Å²) in [7, 11) is 0. The molecule has 154 valence electrons. The van der Waals surface area contributed by atoms with Crippen LogP contribution in [0.2, 0.25) is 0 Å². The summed E-state index contributed by atoms with van der Waals surface area (Å²) in [6, 6.07) is 37.4. The molecule has 0 fully saturated rings. The molecule has 0 aromatic heterocycles. The average molecular weight is 397 g/mol. The highest BCUT2D eigenvalue weighted by Crippen LogP contribution is 2.25. The molecule has 0 bridgehead atoms. The van der Waals surface area contributed by atoms with E-state index in [1.165, 1.54) is 11.1 Å². The van der Waals surface area contributed by atoms with Gasteiger partial charge in [-0.1, -0.05) is 88.4 Å². The molecule has 2 N–H and O–H groups in total. The molecule has 0 heterocycles. The van der Waals surface area contributed by atoms with Gasteiger partial charge in [0.15, 0.2) is 0 Å². The Kier molecular flexibility index (Phi) is 9.75. The van der Waals surface area contributed by atoms with Crippen LogP contribution in [0.3, 0.4) is 0 Å². The Morgan fingerprint density at radius 2 is 0.600 bits per heavy atom. The van der Waals surface area contributed by atoms with Gasteiger partial charge in [-0.3, -0.25) is 0 Å². The molecule has 0 aliphatic carbocycles. The van der Waals surface area contributed by atoms with Gasteiger partial charge in [0, 0.05) is 22.7 Å². The van der Waals surface area contributed by atoms with Gasteiger partial charge in [0.25, 0.3) is 0 Å². The molecule has 30 heavy (non-hydrogen) atoms. The van der Waals surface area contributed by atoms with Crippen molar-refractivity contribution in [3.05, 3.63) is 109 Å². The normalized spacial score (nSPS) is 9.33. The fourth-order valence-corrected chi connectivity index (χ4v) is 2.87. The summed E-state index contributed by atoms with van der Waals surface area (Å²) in [4.78, 5) is 0. The lowest BCUT2D eigenvalue weighted by Gasteiger charge is -2.09. The summed E-state index contributed by atoms with van der Waals surface area (Å²) >= 11 is 0. The van der Waals surface area contributed by atoms with Crippen LogP contribution in [-0.4, -0.2) is 0 Å². The van der Waals surface area contributed by atoms with Crippen molar-refractivity contribution < 1.29 is 0 Å². The van der Waals surface area contributed by atoms with Gasteiger partial charge < -0.3 is 10.6 Å². The lowest BCUT2D eigenvalue weighted by Crippen LogP contribution is -1.90. The SMILES string of the molecule is CC.CC.c1ccc(Nc2ccc(-c3ccc(Nc4ccccc4)cc3)cc2)cc1. The summed E-state index contributed by atoms with van der Waals surface area (Å²) in [5.74, 6) is 0. The Balaban J connectivity index is 0.000000757. The highest BCUT2D eigenvalue weighted by atomic mass is 14.9. The minimum atomic E-state index is 1.09. The van der Waals surface area contributed by atoms with Crippen molar-refractivity contribution in [3.8, 4) is 11.1 Å².